The molecular weight excluding hydrogens is 419 g/mol. The molecule has 0 aromatic heterocycles. The summed E-state index contributed by atoms with van der Waals surface area (Å²) in [7, 11) is 0. The maximum Gasteiger partial charge on any atom is 0.261 e. The summed E-state index contributed by atoms with van der Waals surface area (Å²) in [6.45, 7) is 10.8. The fraction of sp³-hybridized carbons (Fsp3) is 0.481. The fourth-order valence-corrected chi connectivity index (χ4v) is 4.17. The Morgan fingerprint density at radius 3 is 2.45 bits per heavy atom. The first-order valence-corrected chi connectivity index (χ1v) is 11.8. The number of halogens is 1. The smallest absolute Gasteiger partial charge is 0.261 e. The van der Waals surface area contributed by atoms with Crippen LogP contribution in [0.2, 0.25) is 0 Å². The number of rotatable bonds is 7. The van der Waals surface area contributed by atoms with Crippen molar-refractivity contribution in [2.75, 3.05) is 13.1 Å². The number of hydrogen-bond acceptors (Lipinski definition) is 3. The van der Waals surface area contributed by atoms with Crippen LogP contribution in [0.3, 0.4) is 0 Å². The van der Waals surface area contributed by atoms with Gasteiger partial charge in [0.2, 0.25) is 5.91 Å². The van der Waals surface area contributed by atoms with Crippen molar-refractivity contribution in [3.05, 3.63) is 65.0 Å². The summed E-state index contributed by atoms with van der Waals surface area (Å²) in [6.07, 6.45) is 1.54. The van der Waals surface area contributed by atoms with Crippen LogP contribution in [0, 0.1) is 11.2 Å². The Morgan fingerprint density at radius 2 is 1.85 bits per heavy atom. The minimum Gasteiger partial charge on any atom is -0.481 e. The molecule has 0 fully saturated rings. The Labute approximate surface area is 196 Å². The molecule has 178 valence electrons. The van der Waals surface area contributed by atoms with Gasteiger partial charge in [-0.1, -0.05) is 52.8 Å². The number of amides is 2. The average Bonchev–Trinajstić information content (AvgIpc) is 2.79. The molecule has 5 nitrogen and oxygen atoms in total. The number of hydrogen-bond donors (Lipinski definition) is 1. The fourth-order valence-electron chi connectivity index (χ4n) is 4.17. The molecule has 2 aromatic rings. The number of carbonyl (C=O) groups is 2. The number of nitrogens with one attached hydrogen (secondary N) is 1. The van der Waals surface area contributed by atoms with E-state index in [-0.39, 0.29) is 23.7 Å². The molecule has 2 atom stereocenters. The van der Waals surface area contributed by atoms with Crippen molar-refractivity contribution in [3.63, 3.8) is 0 Å². The second kappa shape index (κ2) is 10.4. The lowest BCUT2D eigenvalue weighted by Crippen LogP contribution is -2.45. The summed E-state index contributed by atoms with van der Waals surface area (Å²) in [6, 6.07) is 11.8. The van der Waals surface area contributed by atoms with Gasteiger partial charge in [0, 0.05) is 18.5 Å². The van der Waals surface area contributed by atoms with Crippen LogP contribution in [-0.4, -0.2) is 35.9 Å². The van der Waals surface area contributed by atoms with Gasteiger partial charge in [-0.3, -0.25) is 9.59 Å². The maximum atomic E-state index is 13.7. The molecule has 1 aliphatic rings. The molecule has 0 radical (unpaired) electrons. The first-order chi connectivity index (χ1) is 15.7. The molecule has 3 rings (SSSR count). The quantitative estimate of drug-likeness (QED) is 0.638. The van der Waals surface area contributed by atoms with Crippen LogP contribution in [-0.2, 0) is 16.0 Å². The molecule has 2 amide bonds. The first-order valence-electron chi connectivity index (χ1n) is 11.8. The van der Waals surface area contributed by atoms with Gasteiger partial charge in [-0.2, -0.15) is 0 Å². The van der Waals surface area contributed by atoms with Gasteiger partial charge in [0.1, 0.15) is 11.6 Å². The van der Waals surface area contributed by atoms with Crippen LogP contribution in [0.1, 0.15) is 70.2 Å². The normalized spacial score (nSPS) is 16.7. The zero-order valence-electron chi connectivity index (χ0n) is 20.3. The van der Waals surface area contributed by atoms with Crippen molar-refractivity contribution < 1.29 is 18.7 Å². The van der Waals surface area contributed by atoms with Crippen molar-refractivity contribution in [2.45, 2.75) is 66.0 Å². The number of benzene rings is 2. The van der Waals surface area contributed by atoms with E-state index in [9.17, 15) is 14.0 Å². The van der Waals surface area contributed by atoms with Crippen molar-refractivity contribution in [3.8, 4) is 5.75 Å². The minimum absolute atomic E-state index is 0.0409. The van der Waals surface area contributed by atoms with Crippen molar-refractivity contribution in [1.29, 1.82) is 0 Å². The zero-order chi connectivity index (χ0) is 24.2. The van der Waals surface area contributed by atoms with Crippen molar-refractivity contribution in [1.82, 2.24) is 10.2 Å². The van der Waals surface area contributed by atoms with E-state index >= 15 is 0 Å². The third kappa shape index (κ3) is 5.73. The highest BCUT2D eigenvalue weighted by Crippen LogP contribution is 2.39. The third-order valence-electron chi connectivity index (χ3n) is 5.92. The van der Waals surface area contributed by atoms with E-state index in [1.807, 2.05) is 57.7 Å². The first kappa shape index (κ1) is 24.7. The van der Waals surface area contributed by atoms with E-state index < -0.39 is 11.5 Å². The molecule has 6 heteroatoms. The monoisotopic (exact) mass is 454 g/mol. The van der Waals surface area contributed by atoms with Crippen LogP contribution in [0.5, 0.6) is 5.75 Å². The summed E-state index contributed by atoms with van der Waals surface area (Å²) in [4.78, 5) is 27.7. The van der Waals surface area contributed by atoms with E-state index in [1.54, 1.807) is 12.1 Å². The van der Waals surface area contributed by atoms with Gasteiger partial charge in [-0.15, -0.1) is 0 Å². The Balaban J connectivity index is 2.00. The van der Waals surface area contributed by atoms with Crippen molar-refractivity contribution >= 4 is 11.8 Å². The zero-order valence-corrected chi connectivity index (χ0v) is 20.3. The maximum absolute atomic E-state index is 13.7. The molecule has 2 unspecified atom stereocenters. The van der Waals surface area contributed by atoms with E-state index in [0.29, 0.717) is 25.3 Å². The second-order valence-electron chi connectivity index (χ2n) is 9.62. The number of nitrogens with zero attached hydrogens (tertiary/aromatic N) is 1. The van der Waals surface area contributed by atoms with Crippen LogP contribution < -0.4 is 10.1 Å². The summed E-state index contributed by atoms with van der Waals surface area (Å²) < 4.78 is 19.7. The highest BCUT2D eigenvalue weighted by atomic mass is 19.1. The topological polar surface area (TPSA) is 58.6 Å². The third-order valence-corrected chi connectivity index (χ3v) is 5.92. The molecule has 33 heavy (non-hydrogen) atoms. The molecule has 0 saturated heterocycles. The summed E-state index contributed by atoms with van der Waals surface area (Å²) in [5.41, 5.74) is 2.37. The van der Waals surface area contributed by atoms with Crippen LogP contribution in [0.15, 0.2) is 42.5 Å². The standard InChI is InChI=1S/C27H35FN2O3/c1-6-15-29-25(31)23(7-2)33-21-13-10-18-14-16-30(26(32)27(3,4)5)24(22(18)17-21)19-8-11-20(28)12-9-19/h8-13,17,23-24H,6-7,14-16H2,1-5H3,(H,29,31). The van der Waals surface area contributed by atoms with E-state index in [0.717, 1.165) is 29.5 Å². The van der Waals surface area contributed by atoms with Gasteiger partial charge < -0.3 is 15.0 Å². The number of fused-ring (bicyclic) bond motifs is 1. The van der Waals surface area contributed by atoms with Gasteiger partial charge in [-0.05, 0) is 60.2 Å². The molecule has 0 bridgehead atoms. The highest BCUT2D eigenvalue weighted by Gasteiger charge is 2.37. The van der Waals surface area contributed by atoms with E-state index in [1.165, 1.54) is 12.1 Å². The molecule has 0 saturated carbocycles. The predicted molar refractivity (Wildman–Crippen MR) is 128 cm³/mol. The largest absolute Gasteiger partial charge is 0.481 e. The average molecular weight is 455 g/mol. The highest BCUT2D eigenvalue weighted by molar-refractivity contribution is 5.83. The van der Waals surface area contributed by atoms with Crippen LogP contribution in [0.25, 0.3) is 0 Å². The second-order valence-corrected chi connectivity index (χ2v) is 9.62. The predicted octanol–water partition coefficient (Wildman–Crippen LogP) is 5.03. The molecule has 0 spiro atoms. The van der Waals surface area contributed by atoms with E-state index in [2.05, 4.69) is 5.32 Å². The molecule has 1 aliphatic heterocycles. The van der Waals surface area contributed by atoms with Gasteiger partial charge in [0.05, 0.1) is 6.04 Å². The summed E-state index contributed by atoms with van der Waals surface area (Å²) in [5, 5.41) is 2.89. The number of ether oxygens (including phenoxy) is 1. The number of carbonyl (C=O) groups excluding carboxylic acids is 2. The Kier molecular flexibility index (Phi) is 7.77. The molecule has 1 heterocycles. The van der Waals surface area contributed by atoms with Gasteiger partial charge in [0.25, 0.3) is 5.91 Å². The SMILES string of the molecule is CCCNC(=O)C(CC)Oc1ccc2c(c1)C(c1ccc(F)cc1)N(C(=O)C(C)(C)C)CC2. The van der Waals surface area contributed by atoms with Crippen LogP contribution in [0.4, 0.5) is 4.39 Å². The van der Waals surface area contributed by atoms with Crippen LogP contribution >= 0.6 is 0 Å². The molecular formula is C27H35FN2O3. The lowest BCUT2D eigenvalue weighted by atomic mass is 9.85. The van der Waals surface area contributed by atoms with Crippen molar-refractivity contribution in [2.24, 2.45) is 5.41 Å². The van der Waals surface area contributed by atoms with Gasteiger partial charge >= 0.3 is 0 Å². The minimum atomic E-state index is -0.588. The molecule has 2 aromatic carbocycles. The van der Waals surface area contributed by atoms with Gasteiger partial charge in [-0.25, -0.2) is 4.39 Å². The molecule has 1 N–H and O–H groups in total. The lowest BCUT2D eigenvalue weighted by Gasteiger charge is -2.41. The Morgan fingerprint density at radius 1 is 1.15 bits per heavy atom. The van der Waals surface area contributed by atoms with Gasteiger partial charge in [0.15, 0.2) is 6.10 Å². The van der Waals surface area contributed by atoms with E-state index in [4.69, 9.17) is 4.74 Å². The lowest BCUT2D eigenvalue weighted by molar-refractivity contribution is -0.141. The molecule has 0 aliphatic carbocycles. The summed E-state index contributed by atoms with van der Waals surface area (Å²) in [5.74, 6) is 0.185. The Hall–Kier alpha value is -2.89. The Bertz CT molecular complexity index is 982. The summed E-state index contributed by atoms with van der Waals surface area (Å²) >= 11 is 0.